The molecule has 4 rings (SSSR count). The molecule has 3 fully saturated rings. The van der Waals surface area contributed by atoms with E-state index in [4.69, 9.17) is 29.5 Å². The van der Waals surface area contributed by atoms with Crippen LogP contribution in [0.15, 0.2) is 12.3 Å². The number of alkyl halides is 6. The van der Waals surface area contributed by atoms with Crippen LogP contribution in [-0.4, -0.2) is 81.7 Å². The number of hydrogen-bond acceptors (Lipinski definition) is 7. The van der Waals surface area contributed by atoms with Gasteiger partial charge in [0, 0.05) is 25.3 Å². The van der Waals surface area contributed by atoms with E-state index >= 15 is 0 Å². The number of aromatic nitrogens is 2. The molecule has 35 heavy (non-hydrogen) atoms. The number of rotatable bonds is 5. The number of anilines is 1. The van der Waals surface area contributed by atoms with E-state index < -0.39 is 24.3 Å². The summed E-state index contributed by atoms with van der Waals surface area (Å²) in [6.45, 7) is 3.74. The molecule has 2 heterocycles. The summed E-state index contributed by atoms with van der Waals surface area (Å²) in [5.41, 5.74) is 0. The molecular weight excluding hydrogens is 490 g/mol. The molecule has 3 aliphatic rings. The van der Waals surface area contributed by atoms with E-state index in [-0.39, 0.29) is 6.04 Å². The van der Waals surface area contributed by atoms with E-state index in [2.05, 4.69) is 15.2 Å². The minimum atomic E-state index is -5.08. The van der Waals surface area contributed by atoms with Crippen molar-refractivity contribution in [1.29, 1.82) is 0 Å². The van der Waals surface area contributed by atoms with Gasteiger partial charge in [-0.05, 0) is 44.1 Å². The van der Waals surface area contributed by atoms with Crippen molar-refractivity contribution < 1.29 is 50.9 Å². The first-order valence-electron chi connectivity index (χ1n) is 10.8. The average molecular weight is 516 g/mol. The molecule has 0 bridgehead atoms. The van der Waals surface area contributed by atoms with Crippen LogP contribution in [0.25, 0.3) is 0 Å². The van der Waals surface area contributed by atoms with Crippen molar-refractivity contribution in [3.8, 4) is 0 Å². The Balaban J connectivity index is 0.000000257. The van der Waals surface area contributed by atoms with Crippen molar-refractivity contribution >= 4 is 17.8 Å². The Morgan fingerprint density at radius 3 is 2.09 bits per heavy atom. The first-order chi connectivity index (χ1) is 16.3. The fraction of sp³-hybridized carbons (Fsp3) is 0.700. The van der Waals surface area contributed by atoms with Gasteiger partial charge in [0.15, 0.2) is 0 Å². The van der Waals surface area contributed by atoms with Crippen LogP contribution in [0, 0.1) is 5.92 Å². The third-order valence-corrected chi connectivity index (χ3v) is 5.34. The summed E-state index contributed by atoms with van der Waals surface area (Å²) in [6.07, 6.45) is -1.66. The minimum Gasteiger partial charge on any atom is -0.475 e. The predicted octanol–water partition coefficient (Wildman–Crippen LogP) is 3.49. The van der Waals surface area contributed by atoms with E-state index in [1.54, 1.807) is 0 Å². The van der Waals surface area contributed by atoms with Gasteiger partial charge in [0.1, 0.15) is 11.6 Å². The van der Waals surface area contributed by atoms with Crippen molar-refractivity contribution in [2.75, 3.05) is 31.6 Å². The Morgan fingerprint density at radius 1 is 1.06 bits per heavy atom. The van der Waals surface area contributed by atoms with Crippen LogP contribution in [0.5, 0.6) is 0 Å². The van der Waals surface area contributed by atoms with Crippen molar-refractivity contribution in [2.45, 2.75) is 56.5 Å². The highest BCUT2D eigenvalue weighted by Gasteiger charge is 2.39. The van der Waals surface area contributed by atoms with Crippen LogP contribution in [0.2, 0.25) is 0 Å². The second kappa shape index (κ2) is 12.3. The summed E-state index contributed by atoms with van der Waals surface area (Å²) < 4.78 is 69.2. The average Bonchev–Trinajstić information content (AvgIpc) is 3.55. The van der Waals surface area contributed by atoms with Crippen LogP contribution in [-0.2, 0) is 14.3 Å². The van der Waals surface area contributed by atoms with Crippen LogP contribution < -0.4 is 5.32 Å². The molecule has 3 N–H and O–H groups in total. The monoisotopic (exact) mass is 516 g/mol. The molecular formula is C20H26F6N4O5. The first kappa shape index (κ1) is 28.6. The summed E-state index contributed by atoms with van der Waals surface area (Å²) in [6, 6.07) is 2.82. The van der Waals surface area contributed by atoms with Crippen LogP contribution in [0.3, 0.4) is 0 Å². The standard InChI is InChI=1S/C16H24N4O.2C2HF3O2/c1-2-13(3-1)18-15-6-7-17-16(19-15)14-11-21-9-8-20(14)10-12-4-5-12;2*3-2(4,5)1(6)7/h6-7,12-14H,1-5,8-11H2,(H,17,18,19);2*(H,6,7). The van der Waals surface area contributed by atoms with Crippen molar-refractivity contribution in [2.24, 2.45) is 5.92 Å². The lowest BCUT2D eigenvalue weighted by Gasteiger charge is -2.35. The van der Waals surface area contributed by atoms with Gasteiger partial charge in [0.2, 0.25) is 0 Å². The molecule has 0 amide bonds. The van der Waals surface area contributed by atoms with Gasteiger partial charge in [-0.25, -0.2) is 19.6 Å². The second-order valence-corrected chi connectivity index (χ2v) is 8.21. The number of carboxylic acids is 2. The highest BCUT2D eigenvalue weighted by Crippen LogP contribution is 2.33. The lowest BCUT2D eigenvalue weighted by Crippen LogP contribution is -2.41. The van der Waals surface area contributed by atoms with Gasteiger partial charge in [0.25, 0.3) is 0 Å². The molecule has 9 nitrogen and oxygen atoms in total. The number of nitrogens with one attached hydrogen (secondary N) is 1. The largest absolute Gasteiger partial charge is 0.490 e. The summed E-state index contributed by atoms with van der Waals surface area (Å²) in [5.74, 6) is -2.73. The maximum atomic E-state index is 10.6. The zero-order valence-electron chi connectivity index (χ0n) is 18.5. The van der Waals surface area contributed by atoms with Crippen LogP contribution in [0.4, 0.5) is 32.2 Å². The summed E-state index contributed by atoms with van der Waals surface area (Å²) in [7, 11) is 0. The lowest BCUT2D eigenvalue weighted by atomic mass is 9.93. The SMILES string of the molecule is O=C(O)C(F)(F)F.O=C(O)C(F)(F)F.c1cc(NC2CCC2)nc(C2COCCN2CC2CC2)n1. The molecule has 15 heteroatoms. The summed E-state index contributed by atoms with van der Waals surface area (Å²) >= 11 is 0. The molecule has 1 aromatic heterocycles. The van der Waals surface area contributed by atoms with Crippen LogP contribution in [0.1, 0.15) is 44.0 Å². The topological polar surface area (TPSA) is 125 Å². The third-order valence-electron chi connectivity index (χ3n) is 5.34. The number of aliphatic carboxylic acids is 2. The molecule has 2 saturated carbocycles. The molecule has 1 unspecified atom stereocenters. The predicted molar refractivity (Wildman–Crippen MR) is 109 cm³/mol. The number of hydrogen-bond donors (Lipinski definition) is 3. The fourth-order valence-electron chi connectivity index (χ4n) is 3.10. The molecule has 1 aromatic rings. The van der Waals surface area contributed by atoms with E-state index in [1.165, 1.54) is 38.6 Å². The molecule has 1 atom stereocenters. The summed E-state index contributed by atoms with van der Waals surface area (Å²) in [4.78, 5) is 29.6. The third kappa shape index (κ3) is 10.2. The normalized spacial score (nSPS) is 20.9. The smallest absolute Gasteiger partial charge is 0.475 e. The summed E-state index contributed by atoms with van der Waals surface area (Å²) in [5, 5.41) is 17.8. The van der Waals surface area contributed by atoms with Gasteiger partial charge in [0.05, 0.1) is 19.3 Å². The van der Waals surface area contributed by atoms with E-state index in [9.17, 15) is 26.3 Å². The highest BCUT2D eigenvalue weighted by atomic mass is 19.4. The Bertz CT molecular complexity index is 822. The minimum absolute atomic E-state index is 0.225. The van der Waals surface area contributed by atoms with Gasteiger partial charge >= 0.3 is 24.3 Å². The van der Waals surface area contributed by atoms with Crippen molar-refractivity contribution in [1.82, 2.24) is 14.9 Å². The Labute approximate surface area is 196 Å². The van der Waals surface area contributed by atoms with Crippen molar-refractivity contribution in [3.63, 3.8) is 0 Å². The Morgan fingerprint density at radius 2 is 1.63 bits per heavy atom. The fourth-order valence-corrected chi connectivity index (χ4v) is 3.10. The van der Waals surface area contributed by atoms with Gasteiger partial charge in [-0.3, -0.25) is 4.90 Å². The first-order valence-corrected chi connectivity index (χ1v) is 10.8. The van der Waals surface area contributed by atoms with Gasteiger partial charge in [-0.1, -0.05) is 0 Å². The maximum absolute atomic E-state index is 10.6. The van der Waals surface area contributed by atoms with E-state index in [0.29, 0.717) is 6.04 Å². The highest BCUT2D eigenvalue weighted by molar-refractivity contribution is 5.73. The zero-order valence-corrected chi connectivity index (χ0v) is 18.5. The maximum Gasteiger partial charge on any atom is 0.490 e. The van der Waals surface area contributed by atoms with Gasteiger partial charge < -0.3 is 20.3 Å². The number of carboxylic acid groups (broad SMARTS) is 2. The lowest BCUT2D eigenvalue weighted by molar-refractivity contribution is -0.193. The van der Waals surface area contributed by atoms with Gasteiger partial charge in [-0.2, -0.15) is 26.3 Å². The molecule has 0 radical (unpaired) electrons. The Hall–Kier alpha value is -2.68. The zero-order chi connectivity index (χ0) is 26.2. The van der Waals surface area contributed by atoms with E-state index in [1.807, 2.05) is 12.3 Å². The number of halogens is 6. The number of morpholine rings is 1. The quantitative estimate of drug-likeness (QED) is 0.505. The molecule has 2 aliphatic carbocycles. The molecule has 0 aromatic carbocycles. The molecule has 1 aliphatic heterocycles. The van der Waals surface area contributed by atoms with Crippen LogP contribution >= 0.6 is 0 Å². The number of carbonyl (C=O) groups is 2. The number of ether oxygens (including phenoxy) is 1. The van der Waals surface area contributed by atoms with Gasteiger partial charge in [-0.15, -0.1) is 0 Å². The van der Waals surface area contributed by atoms with E-state index in [0.717, 1.165) is 37.3 Å². The molecule has 198 valence electrons. The Kier molecular flexibility index (Phi) is 10.1. The molecule has 0 spiro atoms. The number of nitrogens with zero attached hydrogens (tertiary/aromatic N) is 3. The second-order valence-electron chi connectivity index (χ2n) is 8.21. The molecule has 1 saturated heterocycles. The van der Waals surface area contributed by atoms with Crippen molar-refractivity contribution in [3.05, 3.63) is 18.1 Å².